The van der Waals surface area contributed by atoms with Crippen LogP contribution >= 0.6 is 0 Å². The van der Waals surface area contributed by atoms with Gasteiger partial charge in [-0.2, -0.15) is 0 Å². The van der Waals surface area contributed by atoms with E-state index in [9.17, 15) is 0 Å². The summed E-state index contributed by atoms with van der Waals surface area (Å²) in [5.41, 5.74) is 5.58. The lowest BCUT2D eigenvalue weighted by Crippen LogP contribution is -2.25. The van der Waals surface area contributed by atoms with Crippen molar-refractivity contribution in [2.24, 2.45) is 0 Å². The number of furan rings is 1. The molecule has 0 N–H and O–H groups in total. The Balaban J connectivity index is 0.000000290. The lowest BCUT2D eigenvalue weighted by Gasteiger charge is -2.25. The van der Waals surface area contributed by atoms with E-state index in [0.717, 1.165) is 48.2 Å². The number of nitrogens with zero attached hydrogens (tertiary/aromatic N) is 3. The molecule has 0 aliphatic heterocycles. The van der Waals surface area contributed by atoms with Gasteiger partial charge in [0.05, 0.1) is 17.6 Å². The molecule has 0 bridgehead atoms. The van der Waals surface area contributed by atoms with E-state index in [1.165, 1.54) is 11.3 Å². The van der Waals surface area contributed by atoms with Crippen molar-refractivity contribution in [3.8, 4) is 11.3 Å². The van der Waals surface area contributed by atoms with Crippen molar-refractivity contribution in [2.75, 3.05) is 18.0 Å². The first kappa shape index (κ1) is 20.6. The summed E-state index contributed by atoms with van der Waals surface area (Å²) in [5.74, 6) is 0. The number of hydrogen-bond acceptors (Lipinski definition) is 4. The van der Waals surface area contributed by atoms with Crippen molar-refractivity contribution in [1.29, 1.82) is 0 Å². The van der Waals surface area contributed by atoms with Crippen molar-refractivity contribution in [3.05, 3.63) is 78.9 Å². The average Bonchev–Trinajstić information content (AvgIpc) is 3.22. The summed E-state index contributed by atoms with van der Waals surface area (Å²) in [6, 6.07) is 16.4. The zero-order chi connectivity index (χ0) is 20.5. The van der Waals surface area contributed by atoms with Crippen LogP contribution < -0.4 is 4.90 Å². The Morgan fingerprint density at radius 1 is 0.897 bits per heavy atom. The molecule has 0 radical (unpaired) electrons. The van der Waals surface area contributed by atoms with E-state index >= 15 is 0 Å². The predicted molar refractivity (Wildman–Crippen MR) is 121 cm³/mol. The molecule has 0 aliphatic carbocycles. The molecule has 1 aromatic carbocycles. The van der Waals surface area contributed by atoms with Crippen molar-refractivity contribution in [1.82, 2.24) is 9.97 Å². The van der Waals surface area contributed by atoms with Crippen LogP contribution in [-0.4, -0.2) is 23.1 Å². The zero-order valence-corrected chi connectivity index (χ0v) is 17.5. The van der Waals surface area contributed by atoms with E-state index in [1.54, 1.807) is 18.7 Å². The summed E-state index contributed by atoms with van der Waals surface area (Å²) in [6.07, 6.45) is 9.44. The SMILES string of the molecule is CCCN(CCC)c1cccnc1-c1ccc2occc2c1.Cc1ccncc1. The molecular formula is C25H29N3O. The Labute approximate surface area is 173 Å². The fourth-order valence-corrected chi connectivity index (χ4v) is 3.31. The summed E-state index contributed by atoms with van der Waals surface area (Å²) < 4.78 is 5.43. The predicted octanol–water partition coefficient (Wildman–Crippen LogP) is 6.51. The molecule has 0 saturated carbocycles. The van der Waals surface area contributed by atoms with Crippen LogP contribution in [0.3, 0.4) is 0 Å². The summed E-state index contributed by atoms with van der Waals surface area (Å²) in [4.78, 5) is 10.9. The van der Waals surface area contributed by atoms with Crippen molar-refractivity contribution in [3.63, 3.8) is 0 Å². The summed E-state index contributed by atoms with van der Waals surface area (Å²) in [7, 11) is 0. The molecular weight excluding hydrogens is 358 g/mol. The molecule has 3 aromatic heterocycles. The third-order valence-corrected chi connectivity index (χ3v) is 4.69. The maximum atomic E-state index is 5.43. The lowest BCUT2D eigenvalue weighted by molar-refractivity contribution is 0.616. The third kappa shape index (κ3) is 5.44. The van der Waals surface area contributed by atoms with Gasteiger partial charge in [0.2, 0.25) is 0 Å². The van der Waals surface area contributed by atoms with Crippen LogP contribution in [0.15, 0.2) is 77.8 Å². The first-order chi connectivity index (χ1) is 14.2. The van der Waals surface area contributed by atoms with Gasteiger partial charge in [-0.1, -0.05) is 13.8 Å². The maximum Gasteiger partial charge on any atom is 0.133 e. The van der Waals surface area contributed by atoms with Crippen molar-refractivity contribution < 1.29 is 4.42 Å². The normalized spacial score (nSPS) is 10.4. The van der Waals surface area contributed by atoms with Gasteiger partial charge in [-0.25, -0.2) is 0 Å². The van der Waals surface area contributed by atoms with E-state index in [0.29, 0.717) is 0 Å². The van der Waals surface area contributed by atoms with Crippen LogP contribution in [0, 0.1) is 6.92 Å². The number of rotatable bonds is 6. The van der Waals surface area contributed by atoms with E-state index < -0.39 is 0 Å². The summed E-state index contributed by atoms with van der Waals surface area (Å²) in [5, 5.41) is 1.12. The van der Waals surface area contributed by atoms with Crippen LogP contribution in [0.2, 0.25) is 0 Å². The fraction of sp³-hybridized carbons (Fsp3) is 0.280. The number of pyridine rings is 2. The van der Waals surface area contributed by atoms with Gasteiger partial charge in [-0.05, 0) is 73.9 Å². The largest absolute Gasteiger partial charge is 0.464 e. The van der Waals surface area contributed by atoms with Crippen molar-refractivity contribution >= 4 is 16.7 Å². The molecule has 0 atom stereocenters. The fourth-order valence-electron chi connectivity index (χ4n) is 3.31. The molecule has 0 spiro atoms. The molecule has 29 heavy (non-hydrogen) atoms. The first-order valence-electron chi connectivity index (χ1n) is 10.3. The quantitative estimate of drug-likeness (QED) is 0.378. The Morgan fingerprint density at radius 2 is 1.66 bits per heavy atom. The molecule has 4 rings (SSSR count). The van der Waals surface area contributed by atoms with Crippen LogP contribution in [0.25, 0.3) is 22.2 Å². The zero-order valence-electron chi connectivity index (χ0n) is 17.5. The van der Waals surface area contributed by atoms with E-state index in [2.05, 4.69) is 46.9 Å². The van der Waals surface area contributed by atoms with Gasteiger partial charge in [-0.15, -0.1) is 0 Å². The topological polar surface area (TPSA) is 42.2 Å². The molecule has 0 amide bonds. The Morgan fingerprint density at radius 3 is 2.31 bits per heavy atom. The van der Waals surface area contributed by atoms with E-state index in [1.807, 2.05) is 43.5 Å². The van der Waals surface area contributed by atoms with E-state index in [-0.39, 0.29) is 0 Å². The second-order valence-electron chi connectivity index (χ2n) is 7.06. The minimum Gasteiger partial charge on any atom is -0.464 e. The highest BCUT2D eigenvalue weighted by atomic mass is 16.3. The average molecular weight is 388 g/mol. The molecule has 0 unspecified atom stereocenters. The van der Waals surface area contributed by atoms with Gasteiger partial charge in [0.15, 0.2) is 0 Å². The standard InChI is InChI=1S/C19H22N2O.C6H7N/c1-3-11-21(12-4-2)17-6-5-10-20-19(17)16-7-8-18-15(14-16)9-13-22-18;1-6-2-4-7-5-3-6/h5-10,13-14H,3-4,11-12H2,1-2H3;2-5H,1H3. The molecule has 4 heteroatoms. The van der Waals surface area contributed by atoms with Crippen molar-refractivity contribution in [2.45, 2.75) is 33.6 Å². The van der Waals surface area contributed by atoms with Crippen LogP contribution in [0.1, 0.15) is 32.3 Å². The van der Waals surface area contributed by atoms with Gasteiger partial charge in [0.1, 0.15) is 5.58 Å². The highest BCUT2D eigenvalue weighted by Gasteiger charge is 2.13. The second kappa shape index (κ2) is 10.4. The molecule has 0 aliphatic rings. The monoisotopic (exact) mass is 387 g/mol. The number of benzene rings is 1. The number of hydrogen-bond donors (Lipinski definition) is 0. The lowest BCUT2D eigenvalue weighted by atomic mass is 10.1. The van der Waals surface area contributed by atoms with E-state index in [4.69, 9.17) is 4.42 Å². The summed E-state index contributed by atoms with van der Waals surface area (Å²) in [6.45, 7) is 8.59. The molecule has 4 aromatic rings. The number of anilines is 1. The van der Waals surface area contributed by atoms with Gasteiger partial charge < -0.3 is 9.32 Å². The van der Waals surface area contributed by atoms with Gasteiger partial charge in [-0.3, -0.25) is 9.97 Å². The third-order valence-electron chi connectivity index (χ3n) is 4.69. The van der Waals surface area contributed by atoms with Crippen LogP contribution in [0.5, 0.6) is 0 Å². The molecule has 0 fully saturated rings. The Hall–Kier alpha value is -3.14. The maximum absolute atomic E-state index is 5.43. The Bertz CT molecular complexity index is 1000. The van der Waals surface area contributed by atoms with Gasteiger partial charge >= 0.3 is 0 Å². The van der Waals surface area contributed by atoms with Gasteiger partial charge in [0.25, 0.3) is 0 Å². The highest BCUT2D eigenvalue weighted by molar-refractivity contribution is 5.85. The molecule has 150 valence electrons. The Kier molecular flexibility index (Phi) is 7.40. The molecule has 0 saturated heterocycles. The highest BCUT2D eigenvalue weighted by Crippen LogP contribution is 2.31. The number of aryl methyl sites for hydroxylation is 1. The summed E-state index contributed by atoms with van der Waals surface area (Å²) >= 11 is 0. The first-order valence-corrected chi connectivity index (χ1v) is 10.3. The van der Waals surface area contributed by atoms with Crippen LogP contribution in [0.4, 0.5) is 5.69 Å². The minimum absolute atomic E-state index is 0.917. The van der Waals surface area contributed by atoms with Gasteiger partial charge in [0, 0.05) is 42.6 Å². The molecule has 4 nitrogen and oxygen atoms in total. The smallest absolute Gasteiger partial charge is 0.133 e. The number of aromatic nitrogens is 2. The van der Waals surface area contributed by atoms with Crippen LogP contribution in [-0.2, 0) is 0 Å². The second-order valence-corrected chi connectivity index (χ2v) is 7.06. The number of fused-ring (bicyclic) bond motifs is 1. The minimum atomic E-state index is 0.917. The molecule has 3 heterocycles.